The molecule has 0 amide bonds. The van der Waals surface area contributed by atoms with E-state index in [9.17, 15) is 0 Å². The molecular weight excluding hydrogens is 701 g/mol. The monoisotopic (exact) mass is 743 g/mol. The highest BCUT2D eigenvalue weighted by atomic mass is 32.1. The Morgan fingerprint density at radius 2 is 1.07 bits per heavy atom. The molecule has 0 radical (unpaired) electrons. The van der Waals surface area contributed by atoms with E-state index < -0.39 is 6.04 Å². The smallest absolute Gasteiger partial charge is 0.166 e. The van der Waals surface area contributed by atoms with Crippen LogP contribution in [-0.4, -0.2) is 19.5 Å². The standard InChI is InChI=1S/C51H32N4S/c1-3-15-33(16-4-1)35-29-30-47-43(32-35)41-25-14-24-38(48(41)56-47)36-19-13-20-37(31-36)50-52-49(34-17-5-2-6-18-34)53-51(54-50)42-23-9-12-28-46(42)55-44-26-10-7-21-39(44)40-22-8-11-27-45(40)55/h1-32H/i1D,3D,4D,7D,8D,15D,16D,21D,22D,26D,27D. The highest BCUT2D eigenvalue weighted by Gasteiger charge is 2.19. The molecule has 0 saturated carbocycles. The zero-order valence-electron chi connectivity index (χ0n) is 40.3. The molecule has 3 heterocycles. The van der Waals surface area contributed by atoms with Gasteiger partial charge in [0.1, 0.15) is 0 Å². The number of para-hydroxylation sites is 3. The first-order valence-electron chi connectivity index (χ1n) is 23.4. The molecule has 0 aliphatic carbocycles. The first-order chi connectivity index (χ1) is 32.3. The van der Waals surface area contributed by atoms with Gasteiger partial charge >= 0.3 is 0 Å². The van der Waals surface area contributed by atoms with E-state index in [-0.39, 0.29) is 93.6 Å². The Hall–Kier alpha value is -7.21. The fourth-order valence-electron chi connectivity index (χ4n) is 7.36. The molecule has 0 N–H and O–H groups in total. The summed E-state index contributed by atoms with van der Waals surface area (Å²) in [6.45, 7) is 0. The summed E-state index contributed by atoms with van der Waals surface area (Å²) in [5.74, 6) is 1.05. The maximum Gasteiger partial charge on any atom is 0.166 e. The van der Waals surface area contributed by atoms with Crippen LogP contribution in [0.4, 0.5) is 0 Å². The third-order valence-electron chi connectivity index (χ3n) is 9.90. The lowest BCUT2D eigenvalue weighted by atomic mass is 9.99. The molecule has 0 fully saturated rings. The minimum atomic E-state index is -0.435. The number of nitrogens with zero attached hydrogens (tertiary/aromatic N) is 4. The van der Waals surface area contributed by atoms with Gasteiger partial charge in [-0.1, -0.05) is 151 Å². The van der Waals surface area contributed by atoms with Crippen LogP contribution in [0.25, 0.3) is 104 Å². The van der Waals surface area contributed by atoms with Crippen molar-refractivity contribution in [1.29, 1.82) is 0 Å². The van der Waals surface area contributed by atoms with E-state index in [1.54, 1.807) is 34.1 Å². The normalized spacial score (nSPS) is 14.3. The van der Waals surface area contributed by atoms with Gasteiger partial charge in [-0.05, 0) is 64.7 Å². The van der Waals surface area contributed by atoms with Gasteiger partial charge in [0.2, 0.25) is 0 Å². The Labute approximate surface area is 343 Å². The van der Waals surface area contributed by atoms with Gasteiger partial charge in [0.15, 0.2) is 17.5 Å². The van der Waals surface area contributed by atoms with Gasteiger partial charge < -0.3 is 4.57 Å². The number of hydrogen-bond donors (Lipinski definition) is 0. The number of fused-ring (bicyclic) bond motifs is 6. The van der Waals surface area contributed by atoms with E-state index in [0.29, 0.717) is 34.0 Å². The summed E-state index contributed by atoms with van der Waals surface area (Å²) in [6, 6.07) is 36.2. The number of thiophene rings is 1. The summed E-state index contributed by atoms with van der Waals surface area (Å²) in [6.07, 6.45) is 0. The van der Waals surface area contributed by atoms with Gasteiger partial charge in [0, 0.05) is 47.6 Å². The average Bonchev–Trinajstić information content (AvgIpc) is 3.91. The molecule has 56 heavy (non-hydrogen) atoms. The van der Waals surface area contributed by atoms with Gasteiger partial charge in [0.25, 0.3) is 0 Å². The van der Waals surface area contributed by atoms with E-state index in [1.807, 2.05) is 97.1 Å². The van der Waals surface area contributed by atoms with E-state index in [4.69, 9.17) is 30.0 Å². The average molecular weight is 744 g/mol. The Morgan fingerprint density at radius 3 is 1.88 bits per heavy atom. The van der Waals surface area contributed by atoms with Crippen LogP contribution in [-0.2, 0) is 0 Å². The molecule has 0 aliphatic heterocycles. The lowest BCUT2D eigenvalue weighted by Crippen LogP contribution is -2.03. The molecule has 0 atom stereocenters. The van der Waals surface area contributed by atoms with Crippen LogP contribution in [0, 0.1) is 0 Å². The largest absolute Gasteiger partial charge is 0.309 e. The quantitative estimate of drug-likeness (QED) is 0.170. The topological polar surface area (TPSA) is 43.6 Å². The zero-order chi connectivity index (χ0) is 46.6. The van der Waals surface area contributed by atoms with Crippen molar-refractivity contribution in [3.63, 3.8) is 0 Å². The van der Waals surface area contributed by atoms with Crippen molar-refractivity contribution in [2.24, 2.45) is 0 Å². The zero-order valence-corrected chi connectivity index (χ0v) is 30.1. The molecule has 0 bridgehead atoms. The summed E-state index contributed by atoms with van der Waals surface area (Å²) < 4.78 is 98.3. The minimum Gasteiger partial charge on any atom is -0.309 e. The van der Waals surface area contributed by atoms with Crippen molar-refractivity contribution < 1.29 is 15.1 Å². The van der Waals surface area contributed by atoms with Crippen LogP contribution in [0.5, 0.6) is 0 Å². The summed E-state index contributed by atoms with van der Waals surface area (Å²) in [4.78, 5) is 15.2. The molecule has 11 aromatic rings. The molecule has 0 aliphatic rings. The predicted molar refractivity (Wildman–Crippen MR) is 234 cm³/mol. The number of hydrogen-bond acceptors (Lipinski definition) is 4. The summed E-state index contributed by atoms with van der Waals surface area (Å²) >= 11 is 1.60. The van der Waals surface area contributed by atoms with Crippen molar-refractivity contribution in [2.45, 2.75) is 0 Å². The van der Waals surface area contributed by atoms with E-state index in [2.05, 4.69) is 0 Å². The second kappa shape index (κ2) is 13.3. The van der Waals surface area contributed by atoms with Crippen molar-refractivity contribution in [1.82, 2.24) is 19.5 Å². The number of aromatic nitrogens is 4. The Bertz CT molecular complexity index is 3810. The van der Waals surface area contributed by atoms with Gasteiger partial charge in [-0.15, -0.1) is 11.3 Å². The first kappa shape index (κ1) is 22.9. The molecule has 4 nitrogen and oxygen atoms in total. The highest BCUT2D eigenvalue weighted by Crippen LogP contribution is 2.42. The molecule has 8 aromatic carbocycles. The van der Waals surface area contributed by atoms with Crippen molar-refractivity contribution in [3.05, 3.63) is 194 Å². The second-order valence-corrected chi connectivity index (χ2v) is 14.2. The second-order valence-electron chi connectivity index (χ2n) is 13.2. The Morgan fingerprint density at radius 1 is 0.411 bits per heavy atom. The first-order valence-corrected chi connectivity index (χ1v) is 18.7. The molecule has 0 saturated heterocycles. The van der Waals surface area contributed by atoms with E-state index in [1.165, 1.54) is 12.1 Å². The van der Waals surface area contributed by atoms with E-state index in [0.717, 1.165) is 36.9 Å². The van der Waals surface area contributed by atoms with Gasteiger partial charge in [-0.3, -0.25) is 0 Å². The summed E-state index contributed by atoms with van der Waals surface area (Å²) in [7, 11) is 0. The third-order valence-corrected chi connectivity index (χ3v) is 11.1. The SMILES string of the molecule is [2H]c1cc([2H])c2c(c1[2H])c1c([2H])c([2H])cc([2H])c1n2-c1ccccc1-c1nc(-c2ccccc2)nc(-c2cccc(-c3cccc4c3sc3ccc(-c5c([2H])c([2H])c([2H])c([2H])c5[2H])cc34)c2)n1. The predicted octanol–water partition coefficient (Wildman–Crippen LogP) is 13.7. The Balaban J connectivity index is 1.09. The summed E-state index contributed by atoms with van der Waals surface area (Å²) in [5.41, 5.74) is 5.38. The van der Waals surface area contributed by atoms with E-state index >= 15 is 0 Å². The summed E-state index contributed by atoms with van der Waals surface area (Å²) in [5, 5.41) is 2.15. The number of benzene rings is 8. The van der Waals surface area contributed by atoms with Crippen LogP contribution in [0.3, 0.4) is 0 Å². The van der Waals surface area contributed by atoms with Crippen molar-refractivity contribution >= 4 is 53.3 Å². The van der Waals surface area contributed by atoms with Crippen LogP contribution in [0.1, 0.15) is 15.1 Å². The van der Waals surface area contributed by atoms with Gasteiger partial charge in [-0.2, -0.15) is 0 Å². The third kappa shape index (κ3) is 5.40. The molecule has 0 unspecified atom stereocenters. The highest BCUT2D eigenvalue weighted by molar-refractivity contribution is 7.26. The molecule has 3 aromatic heterocycles. The fourth-order valence-corrected chi connectivity index (χ4v) is 8.57. The lowest BCUT2D eigenvalue weighted by molar-refractivity contribution is 1.06. The van der Waals surface area contributed by atoms with Crippen LogP contribution >= 0.6 is 11.3 Å². The lowest BCUT2D eigenvalue weighted by Gasteiger charge is -2.14. The molecule has 11 rings (SSSR count). The Kier molecular flexibility index (Phi) is 5.42. The fraction of sp³-hybridized carbons (Fsp3) is 0. The maximum atomic E-state index is 9.07. The minimum absolute atomic E-state index is 0.0754. The van der Waals surface area contributed by atoms with Gasteiger partial charge in [-0.25, -0.2) is 15.0 Å². The molecule has 5 heteroatoms. The molecule has 262 valence electrons. The molecular formula is C51H32N4S. The van der Waals surface area contributed by atoms with Crippen LogP contribution < -0.4 is 0 Å². The van der Waals surface area contributed by atoms with Crippen molar-refractivity contribution in [3.8, 4) is 62.1 Å². The maximum absolute atomic E-state index is 9.07. The van der Waals surface area contributed by atoms with Crippen LogP contribution in [0.15, 0.2) is 194 Å². The van der Waals surface area contributed by atoms with Crippen molar-refractivity contribution in [2.75, 3.05) is 0 Å². The number of rotatable bonds is 6. The molecule has 0 spiro atoms. The van der Waals surface area contributed by atoms with Crippen LogP contribution in [0.2, 0.25) is 0 Å². The van der Waals surface area contributed by atoms with Gasteiger partial charge in [0.05, 0.1) is 31.8 Å².